The molecular formula is C32H28N2O5S. The Bertz CT molecular complexity index is 1500. The van der Waals surface area contributed by atoms with Gasteiger partial charge in [0.25, 0.3) is 11.8 Å². The molecule has 0 atom stereocenters. The molecule has 0 heterocycles. The Morgan fingerprint density at radius 3 is 2.12 bits per heavy atom. The van der Waals surface area contributed by atoms with Gasteiger partial charge in [0.1, 0.15) is 17.2 Å². The number of thioether (sulfide) groups is 1. The van der Waals surface area contributed by atoms with Crippen molar-refractivity contribution in [2.75, 3.05) is 25.3 Å². The van der Waals surface area contributed by atoms with Crippen molar-refractivity contribution in [2.45, 2.75) is 4.90 Å². The van der Waals surface area contributed by atoms with Crippen LogP contribution >= 0.6 is 11.8 Å². The molecule has 0 aromatic heterocycles. The molecule has 202 valence electrons. The van der Waals surface area contributed by atoms with Gasteiger partial charge in [0, 0.05) is 21.7 Å². The molecule has 8 heteroatoms. The lowest BCUT2D eigenvalue weighted by atomic mass is 10.1. The number of anilines is 1. The zero-order valence-electron chi connectivity index (χ0n) is 22.0. The number of hydrogen-bond donors (Lipinski definition) is 2. The maximum absolute atomic E-state index is 13.3. The van der Waals surface area contributed by atoms with E-state index >= 15 is 0 Å². The first-order chi connectivity index (χ1) is 19.4. The maximum Gasteiger partial charge on any atom is 0.272 e. The van der Waals surface area contributed by atoms with E-state index in [-0.39, 0.29) is 17.2 Å². The standard InChI is InChI=1S/C32H28N2O5S/c1-38-26-15-11-23(12-16-26)30(35)21-40-28-17-13-25(14-18-28)33-32(37)29(20-22-7-6-10-27(19-22)39-2)34-31(36)24-8-4-3-5-9-24/h3-20H,21H2,1-2H3,(H,33,37)(H,34,36)/b29-20-. The summed E-state index contributed by atoms with van der Waals surface area (Å²) in [5, 5.41) is 5.56. The first kappa shape index (κ1) is 28.2. The third kappa shape index (κ3) is 7.85. The molecule has 2 amide bonds. The molecule has 0 spiro atoms. The highest BCUT2D eigenvalue weighted by atomic mass is 32.2. The van der Waals surface area contributed by atoms with E-state index in [1.54, 1.807) is 99.2 Å². The van der Waals surface area contributed by atoms with Crippen molar-refractivity contribution in [1.29, 1.82) is 0 Å². The molecular weight excluding hydrogens is 524 g/mol. The van der Waals surface area contributed by atoms with Crippen LogP contribution in [0.5, 0.6) is 11.5 Å². The maximum atomic E-state index is 13.3. The molecule has 0 fully saturated rings. The number of nitrogens with one attached hydrogen (secondary N) is 2. The monoisotopic (exact) mass is 552 g/mol. The van der Waals surface area contributed by atoms with Crippen LogP contribution in [-0.2, 0) is 4.79 Å². The van der Waals surface area contributed by atoms with Crippen LogP contribution in [-0.4, -0.2) is 37.6 Å². The topological polar surface area (TPSA) is 93.7 Å². The number of carbonyl (C=O) groups excluding carboxylic acids is 3. The van der Waals surface area contributed by atoms with Crippen LogP contribution in [0.3, 0.4) is 0 Å². The van der Waals surface area contributed by atoms with Crippen molar-refractivity contribution in [3.8, 4) is 11.5 Å². The van der Waals surface area contributed by atoms with Crippen molar-refractivity contribution in [2.24, 2.45) is 0 Å². The van der Waals surface area contributed by atoms with Gasteiger partial charge < -0.3 is 20.1 Å². The molecule has 0 unspecified atom stereocenters. The van der Waals surface area contributed by atoms with Crippen molar-refractivity contribution in [1.82, 2.24) is 5.32 Å². The predicted octanol–water partition coefficient (Wildman–Crippen LogP) is 6.09. The van der Waals surface area contributed by atoms with Crippen LogP contribution < -0.4 is 20.1 Å². The zero-order chi connectivity index (χ0) is 28.3. The average Bonchev–Trinajstić information content (AvgIpc) is 3.00. The van der Waals surface area contributed by atoms with Crippen LogP contribution in [0.2, 0.25) is 0 Å². The number of ketones is 1. The van der Waals surface area contributed by atoms with Gasteiger partial charge in [-0.1, -0.05) is 30.3 Å². The second kappa shape index (κ2) is 13.8. The highest BCUT2D eigenvalue weighted by Gasteiger charge is 2.15. The van der Waals surface area contributed by atoms with E-state index in [2.05, 4.69) is 10.6 Å². The quantitative estimate of drug-likeness (QED) is 0.133. The highest BCUT2D eigenvalue weighted by Crippen LogP contribution is 2.23. The zero-order valence-corrected chi connectivity index (χ0v) is 22.9. The number of ether oxygens (including phenoxy) is 2. The lowest BCUT2D eigenvalue weighted by Gasteiger charge is -2.12. The molecule has 4 aromatic rings. The SMILES string of the molecule is COc1ccc(C(=O)CSc2ccc(NC(=O)/C(=C/c3cccc(OC)c3)NC(=O)c3ccccc3)cc2)cc1. The van der Waals surface area contributed by atoms with Gasteiger partial charge in [-0.2, -0.15) is 0 Å². The largest absolute Gasteiger partial charge is 0.497 e. The number of Topliss-reactive ketones (excluding diaryl/α,β-unsaturated/α-hetero) is 1. The summed E-state index contributed by atoms with van der Waals surface area (Å²) in [6.45, 7) is 0. The van der Waals surface area contributed by atoms with E-state index in [0.29, 0.717) is 33.9 Å². The molecule has 4 aromatic carbocycles. The van der Waals surface area contributed by atoms with Crippen LogP contribution in [0, 0.1) is 0 Å². The van der Waals surface area contributed by atoms with E-state index in [1.807, 2.05) is 24.3 Å². The van der Waals surface area contributed by atoms with Crippen LogP contribution in [0.4, 0.5) is 5.69 Å². The van der Waals surface area contributed by atoms with E-state index < -0.39 is 11.8 Å². The molecule has 2 N–H and O–H groups in total. The fourth-order valence-corrected chi connectivity index (χ4v) is 4.48. The van der Waals surface area contributed by atoms with Gasteiger partial charge in [0.2, 0.25) is 0 Å². The normalized spacial score (nSPS) is 10.9. The summed E-state index contributed by atoms with van der Waals surface area (Å²) in [5.74, 6) is 0.716. The van der Waals surface area contributed by atoms with Crippen LogP contribution in [0.15, 0.2) is 114 Å². The molecule has 0 aliphatic carbocycles. The summed E-state index contributed by atoms with van der Waals surface area (Å²) >= 11 is 1.40. The summed E-state index contributed by atoms with van der Waals surface area (Å²) in [7, 11) is 3.14. The number of hydrogen-bond acceptors (Lipinski definition) is 6. The van der Waals surface area contributed by atoms with Gasteiger partial charge in [-0.05, 0) is 84.4 Å². The Morgan fingerprint density at radius 2 is 1.45 bits per heavy atom. The Labute approximate surface area is 237 Å². The summed E-state index contributed by atoms with van der Waals surface area (Å²) < 4.78 is 10.4. The van der Waals surface area contributed by atoms with Crippen molar-refractivity contribution >= 4 is 41.1 Å². The number of carbonyl (C=O) groups is 3. The highest BCUT2D eigenvalue weighted by molar-refractivity contribution is 8.00. The molecule has 0 aliphatic rings. The first-order valence-electron chi connectivity index (χ1n) is 12.4. The van der Waals surface area contributed by atoms with Crippen molar-refractivity contribution in [3.63, 3.8) is 0 Å². The molecule has 0 aliphatic heterocycles. The van der Waals surface area contributed by atoms with Crippen molar-refractivity contribution < 1.29 is 23.9 Å². The molecule has 40 heavy (non-hydrogen) atoms. The lowest BCUT2D eigenvalue weighted by Crippen LogP contribution is -2.30. The Kier molecular flexibility index (Phi) is 9.74. The summed E-state index contributed by atoms with van der Waals surface area (Å²) in [5.41, 5.74) is 2.35. The number of benzene rings is 4. The second-order valence-corrected chi connectivity index (χ2v) is 9.62. The third-order valence-corrected chi connectivity index (χ3v) is 6.84. The molecule has 0 saturated carbocycles. The molecule has 0 saturated heterocycles. The van der Waals surface area contributed by atoms with Gasteiger partial charge in [-0.25, -0.2) is 0 Å². The first-order valence-corrected chi connectivity index (χ1v) is 13.4. The number of amides is 2. The molecule has 7 nitrogen and oxygen atoms in total. The average molecular weight is 553 g/mol. The molecule has 4 rings (SSSR count). The number of rotatable bonds is 11. The van der Waals surface area contributed by atoms with Gasteiger partial charge in [-0.15, -0.1) is 11.8 Å². The molecule has 0 bridgehead atoms. The van der Waals surface area contributed by atoms with E-state index in [4.69, 9.17) is 9.47 Å². The minimum Gasteiger partial charge on any atom is -0.497 e. The van der Waals surface area contributed by atoms with Gasteiger partial charge >= 0.3 is 0 Å². The Balaban J connectivity index is 1.44. The van der Waals surface area contributed by atoms with Gasteiger partial charge in [0.05, 0.1) is 20.0 Å². The smallest absolute Gasteiger partial charge is 0.272 e. The second-order valence-electron chi connectivity index (χ2n) is 8.57. The van der Waals surface area contributed by atoms with Gasteiger partial charge in [-0.3, -0.25) is 14.4 Å². The van der Waals surface area contributed by atoms with Gasteiger partial charge in [0.15, 0.2) is 5.78 Å². The summed E-state index contributed by atoms with van der Waals surface area (Å²) in [6, 6.07) is 30.0. The van der Waals surface area contributed by atoms with E-state index in [9.17, 15) is 14.4 Å². The summed E-state index contributed by atoms with van der Waals surface area (Å²) in [6.07, 6.45) is 1.59. The van der Waals surface area contributed by atoms with Crippen LogP contribution in [0.25, 0.3) is 6.08 Å². The minimum absolute atomic E-state index is 0.00603. The fourth-order valence-electron chi connectivity index (χ4n) is 3.68. The predicted molar refractivity (Wildman–Crippen MR) is 158 cm³/mol. The lowest BCUT2D eigenvalue weighted by molar-refractivity contribution is -0.113. The van der Waals surface area contributed by atoms with E-state index in [0.717, 1.165) is 4.90 Å². The Hall–Kier alpha value is -4.82. The van der Waals surface area contributed by atoms with Crippen LogP contribution in [0.1, 0.15) is 26.3 Å². The summed E-state index contributed by atoms with van der Waals surface area (Å²) in [4.78, 5) is 39.5. The van der Waals surface area contributed by atoms with E-state index in [1.165, 1.54) is 11.8 Å². The Morgan fingerprint density at radius 1 is 0.750 bits per heavy atom. The third-order valence-electron chi connectivity index (χ3n) is 5.83. The molecule has 0 radical (unpaired) electrons. The van der Waals surface area contributed by atoms with Crippen molar-refractivity contribution in [3.05, 3.63) is 126 Å². The fraction of sp³-hybridized carbons (Fsp3) is 0.0938. The minimum atomic E-state index is -0.484. The number of methoxy groups -OCH3 is 2.